The van der Waals surface area contributed by atoms with Crippen molar-refractivity contribution < 1.29 is 14.4 Å². The van der Waals surface area contributed by atoms with E-state index in [4.69, 9.17) is 0 Å². The smallest absolute Gasteiger partial charge is 0.253 e. The summed E-state index contributed by atoms with van der Waals surface area (Å²) in [5.41, 5.74) is 1.98. The lowest BCUT2D eigenvalue weighted by atomic mass is 9.88. The van der Waals surface area contributed by atoms with Crippen molar-refractivity contribution in [3.8, 4) is 0 Å². The zero-order valence-corrected chi connectivity index (χ0v) is 15.8. The predicted octanol–water partition coefficient (Wildman–Crippen LogP) is 3.77. The molecule has 0 atom stereocenters. The number of carbonyl (C=O) groups excluding carboxylic acids is 3. The largest absolute Gasteiger partial charge is 0.339 e. The number of piperidine rings is 1. The van der Waals surface area contributed by atoms with Gasteiger partial charge in [0.05, 0.1) is 0 Å². The lowest BCUT2D eigenvalue weighted by molar-refractivity contribution is -0.117. The maximum absolute atomic E-state index is 12.9. The van der Waals surface area contributed by atoms with E-state index in [1.165, 1.54) is 0 Å². The molecule has 0 spiro atoms. The number of anilines is 1. The number of hydrogen-bond acceptors (Lipinski definition) is 3. The second-order valence-electron chi connectivity index (χ2n) is 7.64. The zero-order chi connectivity index (χ0) is 19.5. The molecule has 1 saturated carbocycles. The summed E-state index contributed by atoms with van der Waals surface area (Å²) in [4.78, 5) is 39.2. The number of Topliss-reactive ketones (excluding diaryl/α,β-unsaturated/α-hetero) is 1. The first-order chi connectivity index (χ1) is 13.6. The van der Waals surface area contributed by atoms with Crippen LogP contribution in [0.5, 0.6) is 0 Å². The molecule has 0 bridgehead atoms. The fraction of sp³-hybridized carbons (Fsp3) is 0.348. The molecule has 1 N–H and O–H groups in total. The van der Waals surface area contributed by atoms with Gasteiger partial charge in [-0.15, -0.1) is 0 Å². The number of nitrogens with zero attached hydrogens (tertiary/aromatic N) is 1. The molecule has 0 radical (unpaired) electrons. The third-order valence-corrected chi connectivity index (χ3v) is 5.54. The summed E-state index contributed by atoms with van der Waals surface area (Å²) in [5, 5.41) is 2.89. The predicted molar refractivity (Wildman–Crippen MR) is 107 cm³/mol. The van der Waals surface area contributed by atoms with E-state index in [1.54, 1.807) is 23.1 Å². The molecule has 2 amide bonds. The minimum absolute atomic E-state index is 0.0318. The summed E-state index contributed by atoms with van der Waals surface area (Å²) in [6, 6.07) is 16.5. The molecular formula is C23H24N2O3. The third kappa shape index (κ3) is 4.14. The third-order valence-electron chi connectivity index (χ3n) is 5.54. The maximum atomic E-state index is 12.9. The number of hydrogen-bond donors (Lipinski definition) is 1. The van der Waals surface area contributed by atoms with Gasteiger partial charge in [0.25, 0.3) is 5.91 Å². The number of ketones is 1. The van der Waals surface area contributed by atoms with Gasteiger partial charge in [0.15, 0.2) is 5.78 Å². The highest BCUT2D eigenvalue weighted by Gasteiger charge is 2.30. The average Bonchev–Trinajstić information content (AvgIpc) is 3.59. The van der Waals surface area contributed by atoms with Crippen LogP contribution in [0.15, 0.2) is 54.6 Å². The minimum atomic E-state index is -0.0480. The van der Waals surface area contributed by atoms with E-state index in [9.17, 15) is 14.4 Å². The van der Waals surface area contributed by atoms with Crippen LogP contribution in [0.25, 0.3) is 0 Å². The molecule has 2 fully saturated rings. The lowest BCUT2D eigenvalue weighted by Crippen LogP contribution is -2.40. The Bertz CT molecular complexity index is 882. The first-order valence-corrected chi connectivity index (χ1v) is 9.91. The second kappa shape index (κ2) is 7.97. The van der Waals surface area contributed by atoms with Crippen LogP contribution in [0, 0.1) is 11.8 Å². The standard InChI is InChI=1S/C23H24N2O3/c26-21(16-5-2-1-3-6-16)17-11-13-25(14-12-17)23(28)19-7-4-8-20(15-19)24-22(27)18-9-10-18/h1-8,15,17-18H,9-14H2,(H,24,27). The van der Waals surface area contributed by atoms with E-state index in [2.05, 4.69) is 5.32 Å². The van der Waals surface area contributed by atoms with Gasteiger partial charge in [0, 0.05) is 41.7 Å². The molecule has 144 valence electrons. The molecule has 1 saturated heterocycles. The van der Waals surface area contributed by atoms with Crippen molar-refractivity contribution in [1.29, 1.82) is 0 Å². The van der Waals surface area contributed by atoms with Gasteiger partial charge in [-0.3, -0.25) is 14.4 Å². The molecule has 28 heavy (non-hydrogen) atoms. The first kappa shape index (κ1) is 18.4. The van der Waals surface area contributed by atoms with Gasteiger partial charge in [0.2, 0.25) is 5.91 Å². The van der Waals surface area contributed by atoms with Crippen LogP contribution in [0.1, 0.15) is 46.4 Å². The van der Waals surface area contributed by atoms with Gasteiger partial charge in [-0.25, -0.2) is 0 Å². The minimum Gasteiger partial charge on any atom is -0.339 e. The molecule has 1 aliphatic heterocycles. The Kier molecular flexibility index (Phi) is 5.24. The summed E-state index contributed by atoms with van der Waals surface area (Å²) >= 11 is 0. The van der Waals surface area contributed by atoms with Crippen LogP contribution in [-0.4, -0.2) is 35.6 Å². The van der Waals surface area contributed by atoms with Crippen molar-refractivity contribution in [2.45, 2.75) is 25.7 Å². The van der Waals surface area contributed by atoms with Gasteiger partial charge >= 0.3 is 0 Å². The second-order valence-corrected chi connectivity index (χ2v) is 7.64. The summed E-state index contributed by atoms with van der Waals surface area (Å²) in [7, 11) is 0. The van der Waals surface area contributed by atoms with E-state index in [0.29, 0.717) is 37.2 Å². The number of amides is 2. The Morgan fingerprint density at radius 1 is 0.786 bits per heavy atom. The van der Waals surface area contributed by atoms with E-state index in [1.807, 2.05) is 36.4 Å². The number of nitrogens with one attached hydrogen (secondary N) is 1. The van der Waals surface area contributed by atoms with E-state index >= 15 is 0 Å². The molecule has 2 aromatic carbocycles. The Hall–Kier alpha value is -2.95. The molecule has 5 heteroatoms. The molecule has 4 rings (SSSR count). The first-order valence-electron chi connectivity index (χ1n) is 9.91. The Morgan fingerprint density at radius 2 is 1.46 bits per heavy atom. The summed E-state index contributed by atoms with van der Waals surface area (Å²) in [5.74, 6) is 0.242. The molecule has 1 aliphatic carbocycles. The molecule has 2 aliphatic rings. The van der Waals surface area contributed by atoms with Crippen molar-refractivity contribution >= 4 is 23.3 Å². The van der Waals surface area contributed by atoms with Gasteiger partial charge in [0.1, 0.15) is 0 Å². The summed E-state index contributed by atoms with van der Waals surface area (Å²) < 4.78 is 0. The summed E-state index contributed by atoms with van der Waals surface area (Å²) in [6.07, 6.45) is 3.25. The van der Waals surface area contributed by atoms with Gasteiger partial charge in [-0.1, -0.05) is 36.4 Å². The van der Waals surface area contributed by atoms with Gasteiger partial charge in [-0.2, -0.15) is 0 Å². The Morgan fingerprint density at radius 3 is 2.14 bits per heavy atom. The number of benzene rings is 2. The lowest BCUT2D eigenvalue weighted by Gasteiger charge is -2.31. The molecule has 0 unspecified atom stereocenters. The van der Waals surface area contributed by atoms with Gasteiger partial charge < -0.3 is 10.2 Å². The van der Waals surface area contributed by atoms with Crippen molar-refractivity contribution in [1.82, 2.24) is 4.90 Å². The molecular weight excluding hydrogens is 352 g/mol. The quantitative estimate of drug-likeness (QED) is 0.808. The Labute approximate surface area is 164 Å². The molecule has 2 aromatic rings. The fourth-order valence-electron chi connectivity index (χ4n) is 3.69. The van der Waals surface area contributed by atoms with Crippen molar-refractivity contribution in [3.05, 3.63) is 65.7 Å². The van der Waals surface area contributed by atoms with Crippen molar-refractivity contribution in [2.24, 2.45) is 11.8 Å². The van der Waals surface area contributed by atoms with E-state index in [-0.39, 0.29) is 29.4 Å². The highest BCUT2D eigenvalue weighted by molar-refractivity contribution is 5.99. The van der Waals surface area contributed by atoms with Crippen LogP contribution >= 0.6 is 0 Å². The summed E-state index contributed by atoms with van der Waals surface area (Å²) in [6.45, 7) is 1.14. The monoisotopic (exact) mass is 376 g/mol. The van der Waals surface area contributed by atoms with Crippen molar-refractivity contribution in [2.75, 3.05) is 18.4 Å². The molecule has 5 nitrogen and oxygen atoms in total. The molecule has 1 heterocycles. The SMILES string of the molecule is O=C(Nc1cccc(C(=O)N2CCC(C(=O)c3ccccc3)CC2)c1)C1CC1. The molecule has 0 aromatic heterocycles. The number of carbonyl (C=O) groups is 3. The van der Waals surface area contributed by atoms with Crippen LogP contribution < -0.4 is 5.32 Å². The topological polar surface area (TPSA) is 66.5 Å². The van der Waals surface area contributed by atoms with Crippen LogP contribution in [0.2, 0.25) is 0 Å². The zero-order valence-electron chi connectivity index (χ0n) is 15.8. The van der Waals surface area contributed by atoms with E-state index < -0.39 is 0 Å². The number of likely N-dealkylation sites (tertiary alicyclic amines) is 1. The normalized spacial score (nSPS) is 17.2. The van der Waals surface area contributed by atoms with Crippen molar-refractivity contribution in [3.63, 3.8) is 0 Å². The highest BCUT2D eigenvalue weighted by Crippen LogP contribution is 2.30. The van der Waals surface area contributed by atoms with Crippen LogP contribution in [0.3, 0.4) is 0 Å². The van der Waals surface area contributed by atoms with Crippen LogP contribution in [-0.2, 0) is 4.79 Å². The maximum Gasteiger partial charge on any atom is 0.253 e. The van der Waals surface area contributed by atoms with E-state index in [0.717, 1.165) is 18.4 Å². The Balaban J connectivity index is 1.36. The van der Waals surface area contributed by atoms with Crippen LogP contribution in [0.4, 0.5) is 5.69 Å². The fourth-order valence-corrected chi connectivity index (χ4v) is 3.69. The number of rotatable bonds is 5. The van der Waals surface area contributed by atoms with Gasteiger partial charge in [-0.05, 0) is 43.9 Å². The average molecular weight is 376 g/mol. The highest BCUT2D eigenvalue weighted by atomic mass is 16.2.